The smallest absolute Gasteiger partial charge is 0.337 e. The molecule has 0 N–H and O–H groups in total. The second-order valence-electron chi connectivity index (χ2n) is 4.57. The highest BCUT2D eigenvalue weighted by atomic mass is 16.5. The molecule has 0 bridgehead atoms. The molecule has 104 valence electrons. The van der Waals surface area contributed by atoms with Crippen LogP contribution in [0.1, 0.15) is 27.2 Å². The van der Waals surface area contributed by atoms with Crippen molar-refractivity contribution in [1.82, 2.24) is 4.98 Å². The van der Waals surface area contributed by atoms with Crippen molar-refractivity contribution in [3.8, 4) is 5.75 Å². The van der Waals surface area contributed by atoms with Gasteiger partial charge in [0, 0.05) is 17.5 Å². The van der Waals surface area contributed by atoms with Crippen LogP contribution in [0.3, 0.4) is 0 Å². The fraction of sp³-hybridized carbons (Fsp3) is 0.250. The van der Waals surface area contributed by atoms with Crippen LogP contribution in [0.25, 0.3) is 0 Å². The Bertz CT molecular complexity index is 606. The molecule has 4 heteroatoms. The molecule has 1 aromatic heterocycles. The Balaban J connectivity index is 2.12. The number of hydrogen-bond acceptors (Lipinski definition) is 4. The van der Waals surface area contributed by atoms with Crippen LogP contribution in [0.2, 0.25) is 0 Å². The highest BCUT2D eigenvalue weighted by Crippen LogP contribution is 2.21. The lowest BCUT2D eigenvalue weighted by molar-refractivity contribution is 0.0600. The van der Waals surface area contributed by atoms with Crippen molar-refractivity contribution in [2.24, 2.45) is 0 Å². The molecule has 1 aromatic carbocycles. The van der Waals surface area contributed by atoms with Gasteiger partial charge in [0.05, 0.1) is 12.7 Å². The average molecular weight is 271 g/mol. The van der Waals surface area contributed by atoms with E-state index in [2.05, 4.69) is 4.98 Å². The van der Waals surface area contributed by atoms with Crippen LogP contribution in [0.15, 0.2) is 36.5 Å². The van der Waals surface area contributed by atoms with Crippen LogP contribution in [-0.4, -0.2) is 18.1 Å². The van der Waals surface area contributed by atoms with Gasteiger partial charge in [-0.2, -0.15) is 0 Å². The van der Waals surface area contributed by atoms with E-state index in [1.54, 1.807) is 18.3 Å². The molecule has 0 spiro atoms. The van der Waals surface area contributed by atoms with Crippen LogP contribution in [0.5, 0.6) is 5.75 Å². The van der Waals surface area contributed by atoms with E-state index in [-0.39, 0.29) is 5.97 Å². The molecule has 1 heterocycles. The van der Waals surface area contributed by atoms with Gasteiger partial charge in [0.2, 0.25) is 0 Å². The number of hydrogen-bond donors (Lipinski definition) is 0. The third-order valence-electron chi connectivity index (χ3n) is 2.98. The molecule has 20 heavy (non-hydrogen) atoms. The Morgan fingerprint density at radius 1 is 1.20 bits per heavy atom. The van der Waals surface area contributed by atoms with E-state index in [1.807, 2.05) is 32.0 Å². The second kappa shape index (κ2) is 6.19. The first kappa shape index (κ1) is 14.1. The Kier molecular flexibility index (Phi) is 4.35. The molecule has 0 aliphatic heterocycles. The zero-order valence-electron chi connectivity index (χ0n) is 11.8. The number of rotatable bonds is 4. The predicted octanol–water partition coefficient (Wildman–Crippen LogP) is 3.06. The maximum atomic E-state index is 11.5. The van der Waals surface area contributed by atoms with Crippen LogP contribution in [0.4, 0.5) is 0 Å². The molecule has 0 atom stereocenters. The number of benzene rings is 1. The highest BCUT2D eigenvalue weighted by Gasteiger charge is 2.09. The number of carbonyl (C=O) groups is 1. The summed E-state index contributed by atoms with van der Waals surface area (Å²) in [5.41, 5.74) is 3.41. The average Bonchev–Trinajstić information content (AvgIpc) is 2.47. The van der Waals surface area contributed by atoms with Gasteiger partial charge in [-0.15, -0.1) is 0 Å². The maximum absolute atomic E-state index is 11.5. The van der Waals surface area contributed by atoms with Gasteiger partial charge < -0.3 is 9.47 Å². The minimum absolute atomic E-state index is 0.369. The molecule has 0 aliphatic carbocycles. The summed E-state index contributed by atoms with van der Waals surface area (Å²) in [6.45, 7) is 4.29. The molecular formula is C16H17NO3. The number of aromatic nitrogens is 1. The van der Waals surface area contributed by atoms with E-state index in [0.717, 1.165) is 16.8 Å². The number of methoxy groups -OCH3 is 1. The Morgan fingerprint density at radius 2 is 2.00 bits per heavy atom. The zero-order valence-corrected chi connectivity index (χ0v) is 11.8. The summed E-state index contributed by atoms with van der Waals surface area (Å²) in [6, 6.07) is 9.18. The van der Waals surface area contributed by atoms with Crippen LogP contribution in [-0.2, 0) is 11.3 Å². The summed E-state index contributed by atoms with van der Waals surface area (Å²) in [7, 11) is 1.36. The summed E-state index contributed by atoms with van der Waals surface area (Å²) in [5.74, 6) is 0.306. The minimum Gasteiger partial charge on any atom is -0.489 e. The Hall–Kier alpha value is -2.36. The molecule has 2 aromatic rings. The van der Waals surface area contributed by atoms with Gasteiger partial charge in [-0.05, 0) is 37.6 Å². The van der Waals surface area contributed by atoms with Gasteiger partial charge in [-0.3, -0.25) is 4.98 Å². The van der Waals surface area contributed by atoms with Crippen molar-refractivity contribution in [3.63, 3.8) is 0 Å². The van der Waals surface area contributed by atoms with Crippen LogP contribution >= 0.6 is 0 Å². The summed E-state index contributed by atoms with van der Waals surface area (Å²) in [4.78, 5) is 15.7. The van der Waals surface area contributed by atoms with E-state index < -0.39 is 0 Å². The fourth-order valence-corrected chi connectivity index (χ4v) is 1.75. The summed E-state index contributed by atoms with van der Waals surface area (Å²) < 4.78 is 10.5. The molecule has 0 aliphatic rings. The number of aryl methyl sites for hydroxylation is 2. The maximum Gasteiger partial charge on any atom is 0.337 e. The highest BCUT2D eigenvalue weighted by molar-refractivity contribution is 5.89. The molecule has 0 amide bonds. The Labute approximate surface area is 118 Å². The van der Waals surface area contributed by atoms with E-state index >= 15 is 0 Å². The monoisotopic (exact) mass is 271 g/mol. The number of ether oxygens (including phenoxy) is 2. The van der Waals surface area contributed by atoms with E-state index in [0.29, 0.717) is 17.9 Å². The third kappa shape index (κ3) is 3.35. The number of esters is 1. The van der Waals surface area contributed by atoms with Gasteiger partial charge in [0.1, 0.15) is 12.4 Å². The first-order chi connectivity index (χ1) is 9.60. The van der Waals surface area contributed by atoms with E-state index in [9.17, 15) is 4.79 Å². The van der Waals surface area contributed by atoms with Gasteiger partial charge in [0.25, 0.3) is 0 Å². The number of nitrogens with zero attached hydrogens (tertiary/aromatic N) is 1. The van der Waals surface area contributed by atoms with Crippen molar-refractivity contribution in [2.75, 3.05) is 7.11 Å². The lowest BCUT2D eigenvalue weighted by atomic mass is 10.1. The van der Waals surface area contributed by atoms with Crippen molar-refractivity contribution in [1.29, 1.82) is 0 Å². The van der Waals surface area contributed by atoms with Gasteiger partial charge >= 0.3 is 5.97 Å². The van der Waals surface area contributed by atoms with Gasteiger partial charge in [-0.25, -0.2) is 4.79 Å². The number of carbonyl (C=O) groups excluding carboxylic acids is 1. The molecule has 0 fully saturated rings. The van der Waals surface area contributed by atoms with E-state index in [4.69, 9.17) is 9.47 Å². The first-order valence-corrected chi connectivity index (χ1v) is 6.33. The van der Waals surface area contributed by atoms with Crippen LogP contribution in [0, 0.1) is 13.8 Å². The van der Waals surface area contributed by atoms with Crippen molar-refractivity contribution in [2.45, 2.75) is 20.5 Å². The molecule has 2 rings (SSSR count). The van der Waals surface area contributed by atoms with Crippen molar-refractivity contribution >= 4 is 5.97 Å². The van der Waals surface area contributed by atoms with E-state index in [1.165, 1.54) is 7.11 Å². The minimum atomic E-state index is -0.369. The molecule has 0 saturated heterocycles. The standard InChI is InChI=1S/C16H17NO3/c1-11-4-7-14(16(18)19-3)8-15(11)20-10-13-6-5-12(2)17-9-13/h4-9H,10H2,1-3H3. The fourth-order valence-electron chi connectivity index (χ4n) is 1.75. The van der Waals surface area contributed by atoms with Crippen molar-refractivity contribution in [3.05, 3.63) is 58.9 Å². The quantitative estimate of drug-likeness (QED) is 0.802. The summed E-state index contributed by atoms with van der Waals surface area (Å²) >= 11 is 0. The lowest BCUT2D eigenvalue weighted by Crippen LogP contribution is -2.03. The van der Waals surface area contributed by atoms with Gasteiger partial charge in [0.15, 0.2) is 0 Å². The normalized spacial score (nSPS) is 10.2. The topological polar surface area (TPSA) is 48.4 Å². The predicted molar refractivity (Wildman–Crippen MR) is 75.8 cm³/mol. The van der Waals surface area contributed by atoms with Gasteiger partial charge in [-0.1, -0.05) is 12.1 Å². The summed E-state index contributed by atoms with van der Waals surface area (Å²) in [5, 5.41) is 0. The zero-order chi connectivity index (χ0) is 14.5. The second-order valence-corrected chi connectivity index (χ2v) is 4.57. The largest absolute Gasteiger partial charge is 0.489 e. The molecule has 0 saturated carbocycles. The number of pyridine rings is 1. The molecule has 4 nitrogen and oxygen atoms in total. The summed E-state index contributed by atoms with van der Waals surface area (Å²) in [6.07, 6.45) is 1.79. The molecule has 0 unspecified atom stereocenters. The molecule has 0 radical (unpaired) electrons. The SMILES string of the molecule is COC(=O)c1ccc(C)c(OCc2ccc(C)nc2)c1. The first-order valence-electron chi connectivity index (χ1n) is 6.33. The van der Waals surface area contributed by atoms with Crippen molar-refractivity contribution < 1.29 is 14.3 Å². The van der Waals surface area contributed by atoms with Crippen LogP contribution < -0.4 is 4.74 Å². The lowest BCUT2D eigenvalue weighted by Gasteiger charge is -2.10. The third-order valence-corrected chi connectivity index (χ3v) is 2.98. The molecular weight excluding hydrogens is 254 g/mol. The Morgan fingerprint density at radius 3 is 2.65 bits per heavy atom.